The minimum absolute atomic E-state index is 0.199. The average molecular weight is 225 g/mol. The largest absolute Gasteiger partial charge is 0.350 e. The molecule has 0 atom stereocenters. The molecule has 0 saturated heterocycles. The summed E-state index contributed by atoms with van der Waals surface area (Å²) in [6, 6.07) is 14.9. The van der Waals surface area contributed by atoms with Gasteiger partial charge in [0.25, 0.3) is 0 Å². The van der Waals surface area contributed by atoms with E-state index in [2.05, 4.69) is 16.7 Å². The highest BCUT2D eigenvalue weighted by molar-refractivity contribution is 5.95. The molecule has 84 valence electrons. The van der Waals surface area contributed by atoms with Gasteiger partial charge in [-0.05, 0) is 23.8 Å². The van der Waals surface area contributed by atoms with Crippen molar-refractivity contribution in [3.63, 3.8) is 0 Å². The molecule has 0 saturated carbocycles. The van der Waals surface area contributed by atoms with Crippen molar-refractivity contribution in [3.8, 4) is 11.1 Å². The zero-order valence-corrected chi connectivity index (χ0v) is 9.52. The Morgan fingerprint density at radius 1 is 1.00 bits per heavy atom. The molecule has 0 aliphatic carbocycles. The third-order valence-electron chi connectivity index (χ3n) is 3.03. The fourth-order valence-corrected chi connectivity index (χ4v) is 2.23. The lowest BCUT2D eigenvalue weighted by atomic mass is 10.1. The molecule has 17 heavy (non-hydrogen) atoms. The van der Waals surface area contributed by atoms with E-state index in [9.17, 15) is 4.39 Å². The monoisotopic (exact) mass is 225 g/mol. The quantitative estimate of drug-likeness (QED) is 0.590. The maximum Gasteiger partial charge on any atom is 0.123 e. The number of hydrogen-bond acceptors (Lipinski definition) is 0. The van der Waals surface area contributed by atoms with Crippen molar-refractivity contribution in [2.24, 2.45) is 7.05 Å². The van der Waals surface area contributed by atoms with Gasteiger partial charge in [-0.2, -0.15) is 0 Å². The van der Waals surface area contributed by atoms with Crippen LogP contribution in [0, 0.1) is 5.82 Å². The third kappa shape index (κ3) is 1.62. The van der Waals surface area contributed by atoms with Gasteiger partial charge in [-0.3, -0.25) is 0 Å². The van der Waals surface area contributed by atoms with Crippen LogP contribution in [0.4, 0.5) is 4.39 Å². The van der Waals surface area contributed by atoms with Crippen LogP contribution in [0.2, 0.25) is 0 Å². The van der Waals surface area contributed by atoms with Crippen molar-refractivity contribution in [1.82, 2.24) is 4.57 Å². The SMILES string of the molecule is Cn1cc(-c2cccc(F)c2)c2ccccc21. The van der Waals surface area contributed by atoms with Crippen LogP contribution in [-0.4, -0.2) is 4.57 Å². The Morgan fingerprint density at radius 3 is 2.65 bits per heavy atom. The highest BCUT2D eigenvalue weighted by Gasteiger charge is 2.08. The molecular formula is C15H12FN. The summed E-state index contributed by atoms with van der Waals surface area (Å²) >= 11 is 0. The lowest BCUT2D eigenvalue weighted by Crippen LogP contribution is -1.81. The fourth-order valence-electron chi connectivity index (χ4n) is 2.23. The average Bonchev–Trinajstić information content (AvgIpc) is 2.68. The Hall–Kier alpha value is -2.09. The van der Waals surface area contributed by atoms with Gasteiger partial charge in [0.05, 0.1) is 0 Å². The molecule has 3 aromatic rings. The lowest BCUT2D eigenvalue weighted by Gasteiger charge is -1.99. The molecular weight excluding hydrogens is 213 g/mol. The van der Waals surface area contributed by atoms with Gasteiger partial charge in [0, 0.05) is 29.7 Å². The van der Waals surface area contributed by atoms with Crippen molar-refractivity contribution in [2.45, 2.75) is 0 Å². The molecule has 2 aromatic carbocycles. The maximum atomic E-state index is 13.3. The number of hydrogen-bond donors (Lipinski definition) is 0. The number of benzene rings is 2. The van der Waals surface area contributed by atoms with Gasteiger partial charge < -0.3 is 4.57 Å². The lowest BCUT2D eigenvalue weighted by molar-refractivity contribution is 0.628. The molecule has 0 radical (unpaired) electrons. The smallest absolute Gasteiger partial charge is 0.123 e. The number of fused-ring (bicyclic) bond motifs is 1. The van der Waals surface area contributed by atoms with Crippen molar-refractivity contribution in [1.29, 1.82) is 0 Å². The van der Waals surface area contributed by atoms with E-state index in [1.807, 2.05) is 31.4 Å². The summed E-state index contributed by atoms with van der Waals surface area (Å²) in [5, 5.41) is 1.15. The Labute approximate surface area is 99.1 Å². The number of nitrogens with zero attached hydrogens (tertiary/aromatic N) is 1. The second-order valence-corrected chi connectivity index (χ2v) is 4.18. The van der Waals surface area contributed by atoms with E-state index in [1.165, 1.54) is 6.07 Å². The minimum atomic E-state index is -0.199. The Kier molecular flexibility index (Phi) is 2.22. The van der Waals surface area contributed by atoms with Crippen LogP contribution in [0.25, 0.3) is 22.0 Å². The fraction of sp³-hybridized carbons (Fsp3) is 0.0667. The molecule has 0 bridgehead atoms. The minimum Gasteiger partial charge on any atom is -0.350 e. The first kappa shape index (κ1) is 10.1. The molecule has 1 heterocycles. The summed E-state index contributed by atoms with van der Waals surface area (Å²) in [4.78, 5) is 0. The molecule has 0 spiro atoms. The topological polar surface area (TPSA) is 4.93 Å². The highest BCUT2D eigenvalue weighted by Crippen LogP contribution is 2.30. The van der Waals surface area contributed by atoms with Gasteiger partial charge in [0.1, 0.15) is 5.82 Å². The Balaban J connectivity index is 2.31. The summed E-state index contributed by atoms with van der Waals surface area (Å²) in [6.45, 7) is 0. The molecule has 0 amide bonds. The van der Waals surface area contributed by atoms with Crippen molar-refractivity contribution >= 4 is 10.9 Å². The van der Waals surface area contributed by atoms with Crippen molar-refractivity contribution < 1.29 is 4.39 Å². The molecule has 0 N–H and O–H groups in total. The molecule has 0 aliphatic rings. The van der Waals surface area contributed by atoms with E-state index in [0.29, 0.717) is 0 Å². The van der Waals surface area contributed by atoms with Crippen molar-refractivity contribution in [2.75, 3.05) is 0 Å². The summed E-state index contributed by atoms with van der Waals surface area (Å²) in [6.07, 6.45) is 2.04. The van der Waals surface area contributed by atoms with Crippen LogP contribution in [0.3, 0.4) is 0 Å². The Bertz CT molecular complexity index is 682. The summed E-state index contributed by atoms with van der Waals surface area (Å²) in [5.74, 6) is -0.199. The van der Waals surface area contributed by atoms with Crippen LogP contribution in [0.5, 0.6) is 0 Å². The predicted molar refractivity (Wildman–Crippen MR) is 68.3 cm³/mol. The van der Waals surface area contributed by atoms with E-state index < -0.39 is 0 Å². The molecule has 1 nitrogen and oxygen atoms in total. The number of aryl methyl sites for hydroxylation is 1. The first-order valence-electron chi connectivity index (χ1n) is 5.56. The third-order valence-corrected chi connectivity index (χ3v) is 3.03. The van der Waals surface area contributed by atoms with E-state index >= 15 is 0 Å². The molecule has 3 rings (SSSR count). The van der Waals surface area contributed by atoms with Gasteiger partial charge in [0.2, 0.25) is 0 Å². The van der Waals surface area contributed by atoms with Crippen LogP contribution < -0.4 is 0 Å². The van der Waals surface area contributed by atoms with Crippen LogP contribution >= 0.6 is 0 Å². The van der Waals surface area contributed by atoms with E-state index in [1.54, 1.807) is 12.1 Å². The van der Waals surface area contributed by atoms with Crippen molar-refractivity contribution in [3.05, 3.63) is 60.5 Å². The second-order valence-electron chi connectivity index (χ2n) is 4.18. The van der Waals surface area contributed by atoms with E-state index in [0.717, 1.165) is 22.0 Å². The zero-order chi connectivity index (χ0) is 11.8. The predicted octanol–water partition coefficient (Wildman–Crippen LogP) is 3.98. The van der Waals surface area contributed by atoms with E-state index in [-0.39, 0.29) is 5.82 Å². The number of rotatable bonds is 1. The van der Waals surface area contributed by atoms with Gasteiger partial charge in [-0.15, -0.1) is 0 Å². The molecule has 2 heteroatoms. The van der Waals surface area contributed by atoms with Crippen LogP contribution in [0.1, 0.15) is 0 Å². The van der Waals surface area contributed by atoms with Gasteiger partial charge in [0.15, 0.2) is 0 Å². The van der Waals surface area contributed by atoms with Crippen LogP contribution in [0.15, 0.2) is 54.7 Å². The molecule has 0 aliphatic heterocycles. The molecule has 0 fully saturated rings. The summed E-state index contributed by atoms with van der Waals surface area (Å²) in [7, 11) is 2.01. The highest BCUT2D eigenvalue weighted by atomic mass is 19.1. The first-order valence-corrected chi connectivity index (χ1v) is 5.56. The second kappa shape index (κ2) is 3.74. The maximum absolute atomic E-state index is 13.3. The Morgan fingerprint density at radius 2 is 1.82 bits per heavy atom. The normalized spacial score (nSPS) is 10.9. The first-order chi connectivity index (χ1) is 8.25. The van der Waals surface area contributed by atoms with E-state index in [4.69, 9.17) is 0 Å². The zero-order valence-electron chi connectivity index (χ0n) is 9.52. The van der Waals surface area contributed by atoms with Crippen LogP contribution in [-0.2, 0) is 7.05 Å². The number of aromatic nitrogens is 1. The standard InChI is InChI=1S/C15H12FN/c1-17-10-14(11-5-4-6-12(16)9-11)13-7-2-3-8-15(13)17/h2-10H,1H3. The molecule has 1 aromatic heterocycles. The van der Waals surface area contributed by atoms with Gasteiger partial charge >= 0.3 is 0 Å². The van der Waals surface area contributed by atoms with Gasteiger partial charge in [-0.25, -0.2) is 4.39 Å². The number of halogens is 1. The molecule has 0 unspecified atom stereocenters. The summed E-state index contributed by atoms with van der Waals surface area (Å²) < 4.78 is 15.3. The van der Waals surface area contributed by atoms with Gasteiger partial charge in [-0.1, -0.05) is 30.3 Å². The number of para-hydroxylation sites is 1. The summed E-state index contributed by atoms with van der Waals surface area (Å²) in [5.41, 5.74) is 3.15.